The first-order valence-corrected chi connectivity index (χ1v) is 7.85. The maximum Gasteiger partial charge on any atom is 0.255 e. The summed E-state index contributed by atoms with van der Waals surface area (Å²) in [6.45, 7) is 3.63. The third-order valence-corrected chi connectivity index (χ3v) is 4.76. The van der Waals surface area contributed by atoms with Gasteiger partial charge in [0.2, 0.25) is 0 Å². The minimum absolute atomic E-state index is 0.0891. The molecule has 2 fully saturated rings. The Balaban J connectivity index is 1.69. The maximum atomic E-state index is 12.6. The van der Waals surface area contributed by atoms with Gasteiger partial charge in [0.05, 0.1) is 12.7 Å². The van der Waals surface area contributed by atoms with E-state index in [-0.39, 0.29) is 5.91 Å². The van der Waals surface area contributed by atoms with Gasteiger partial charge in [0.15, 0.2) is 0 Å². The summed E-state index contributed by atoms with van der Waals surface area (Å²) < 4.78 is 6.03. The predicted molar refractivity (Wildman–Crippen MR) is 81.2 cm³/mol. The number of hydrogen-bond donors (Lipinski definition) is 0. The van der Waals surface area contributed by atoms with Crippen LogP contribution in [-0.4, -0.2) is 55.0 Å². The summed E-state index contributed by atoms with van der Waals surface area (Å²) >= 11 is 3.46. The van der Waals surface area contributed by atoms with E-state index in [0.29, 0.717) is 11.3 Å². The van der Waals surface area contributed by atoms with Crippen molar-refractivity contribution in [3.05, 3.63) is 28.2 Å². The van der Waals surface area contributed by atoms with Crippen molar-refractivity contribution in [3.63, 3.8) is 0 Å². The molecule has 1 heterocycles. The molecule has 0 atom stereocenters. The maximum absolute atomic E-state index is 12.6. The highest BCUT2D eigenvalue weighted by Gasteiger charge is 2.32. The second-order valence-corrected chi connectivity index (χ2v) is 6.26. The van der Waals surface area contributed by atoms with Gasteiger partial charge in [-0.15, -0.1) is 0 Å². The normalized spacial score (nSPS) is 20.0. The smallest absolute Gasteiger partial charge is 0.255 e. The number of amides is 1. The van der Waals surface area contributed by atoms with Gasteiger partial charge in [0, 0.05) is 36.7 Å². The Labute approximate surface area is 127 Å². The molecule has 0 radical (unpaired) electrons. The number of ether oxygens (including phenoxy) is 1. The molecule has 108 valence electrons. The molecule has 0 bridgehead atoms. The zero-order chi connectivity index (χ0) is 14.1. The standard InChI is InChI=1S/C15H19BrN2O2/c1-20-12-4-5-14(16)13(10-12)15(19)18-8-6-17(7-9-18)11-2-3-11/h4-5,10-11H,2-3,6-9H2,1H3. The van der Waals surface area contributed by atoms with Crippen LogP contribution in [0.5, 0.6) is 5.75 Å². The number of nitrogens with zero attached hydrogens (tertiary/aromatic N) is 2. The van der Waals surface area contributed by atoms with Crippen molar-refractivity contribution in [2.45, 2.75) is 18.9 Å². The number of rotatable bonds is 3. The molecule has 1 aromatic carbocycles. The van der Waals surface area contributed by atoms with E-state index in [1.165, 1.54) is 12.8 Å². The van der Waals surface area contributed by atoms with Crippen molar-refractivity contribution in [2.75, 3.05) is 33.3 Å². The van der Waals surface area contributed by atoms with Gasteiger partial charge in [0.1, 0.15) is 5.75 Å². The minimum atomic E-state index is 0.0891. The molecule has 1 aromatic rings. The molecule has 1 aliphatic heterocycles. The van der Waals surface area contributed by atoms with Crippen LogP contribution in [0.2, 0.25) is 0 Å². The van der Waals surface area contributed by atoms with E-state index in [1.54, 1.807) is 13.2 Å². The van der Waals surface area contributed by atoms with Crippen LogP contribution in [-0.2, 0) is 0 Å². The lowest BCUT2D eigenvalue weighted by molar-refractivity contribution is 0.0626. The lowest BCUT2D eigenvalue weighted by atomic mass is 10.1. The van der Waals surface area contributed by atoms with Crippen LogP contribution < -0.4 is 4.74 Å². The molecule has 0 unspecified atom stereocenters. The molecule has 0 aromatic heterocycles. The van der Waals surface area contributed by atoms with Gasteiger partial charge >= 0.3 is 0 Å². The largest absolute Gasteiger partial charge is 0.497 e. The van der Waals surface area contributed by atoms with Crippen LogP contribution >= 0.6 is 15.9 Å². The Morgan fingerprint density at radius 1 is 1.25 bits per heavy atom. The molecule has 0 spiro atoms. The van der Waals surface area contributed by atoms with Gasteiger partial charge in [0.25, 0.3) is 5.91 Å². The third kappa shape index (κ3) is 2.83. The quantitative estimate of drug-likeness (QED) is 0.848. The van der Waals surface area contributed by atoms with Crippen LogP contribution in [0.4, 0.5) is 0 Å². The summed E-state index contributed by atoms with van der Waals surface area (Å²) in [6, 6.07) is 6.31. The van der Waals surface area contributed by atoms with E-state index in [9.17, 15) is 4.79 Å². The topological polar surface area (TPSA) is 32.8 Å². The fraction of sp³-hybridized carbons (Fsp3) is 0.533. The van der Waals surface area contributed by atoms with Gasteiger partial charge in [-0.25, -0.2) is 0 Å². The van der Waals surface area contributed by atoms with Crippen LogP contribution in [0.1, 0.15) is 23.2 Å². The second-order valence-electron chi connectivity index (χ2n) is 5.41. The summed E-state index contributed by atoms with van der Waals surface area (Å²) in [6.07, 6.45) is 2.66. The number of halogens is 1. The molecule has 3 rings (SSSR count). The van der Waals surface area contributed by atoms with Crippen LogP contribution in [0.3, 0.4) is 0 Å². The molecular formula is C15H19BrN2O2. The van der Waals surface area contributed by atoms with E-state index >= 15 is 0 Å². The minimum Gasteiger partial charge on any atom is -0.497 e. The zero-order valence-corrected chi connectivity index (χ0v) is 13.2. The van der Waals surface area contributed by atoms with Crippen molar-refractivity contribution in [3.8, 4) is 5.75 Å². The van der Waals surface area contributed by atoms with Crippen LogP contribution in [0, 0.1) is 0 Å². The number of hydrogen-bond acceptors (Lipinski definition) is 3. The predicted octanol–water partition coefficient (Wildman–Crippen LogP) is 2.38. The highest BCUT2D eigenvalue weighted by atomic mass is 79.9. The molecule has 2 aliphatic rings. The van der Waals surface area contributed by atoms with Crippen molar-refractivity contribution >= 4 is 21.8 Å². The fourth-order valence-electron chi connectivity index (χ4n) is 2.70. The van der Waals surface area contributed by atoms with Gasteiger partial charge in [-0.2, -0.15) is 0 Å². The third-order valence-electron chi connectivity index (χ3n) is 4.07. The molecular weight excluding hydrogens is 320 g/mol. The molecule has 1 saturated heterocycles. The first-order valence-electron chi connectivity index (χ1n) is 7.06. The Morgan fingerprint density at radius 2 is 1.95 bits per heavy atom. The van der Waals surface area contributed by atoms with Gasteiger partial charge in [-0.05, 0) is 47.0 Å². The number of piperazine rings is 1. The van der Waals surface area contributed by atoms with E-state index < -0.39 is 0 Å². The fourth-order valence-corrected chi connectivity index (χ4v) is 3.11. The average Bonchev–Trinajstić information content (AvgIpc) is 3.32. The van der Waals surface area contributed by atoms with E-state index in [0.717, 1.165) is 36.7 Å². The lowest BCUT2D eigenvalue weighted by Crippen LogP contribution is -2.49. The molecule has 5 heteroatoms. The van der Waals surface area contributed by atoms with Gasteiger partial charge in [-0.1, -0.05) is 0 Å². The summed E-state index contributed by atoms with van der Waals surface area (Å²) in [4.78, 5) is 17.0. The zero-order valence-electron chi connectivity index (χ0n) is 11.6. The Bertz CT molecular complexity index is 509. The van der Waals surface area contributed by atoms with E-state index in [2.05, 4.69) is 20.8 Å². The molecule has 20 heavy (non-hydrogen) atoms. The van der Waals surface area contributed by atoms with Crippen molar-refractivity contribution in [1.29, 1.82) is 0 Å². The number of carbonyl (C=O) groups excluding carboxylic acids is 1. The molecule has 0 N–H and O–H groups in total. The van der Waals surface area contributed by atoms with Crippen molar-refractivity contribution < 1.29 is 9.53 Å². The van der Waals surface area contributed by atoms with Crippen molar-refractivity contribution in [2.24, 2.45) is 0 Å². The average molecular weight is 339 g/mol. The van der Waals surface area contributed by atoms with Gasteiger partial charge in [-0.3, -0.25) is 9.69 Å². The van der Waals surface area contributed by atoms with Crippen molar-refractivity contribution in [1.82, 2.24) is 9.80 Å². The lowest BCUT2D eigenvalue weighted by Gasteiger charge is -2.35. The molecule has 1 amide bonds. The first kappa shape index (κ1) is 13.9. The highest BCUT2D eigenvalue weighted by molar-refractivity contribution is 9.10. The first-order chi connectivity index (χ1) is 9.69. The molecule has 1 saturated carbocycles. The number of benzene rings is 1. The summed E-state index contributed by atoms with van der Waals surface area (Å²) in [5, 5.41) is 0. The number of methoxy groups -OCH3 is 1. The van der Waals surface area contributed by atoms with Crippen LogP contribution in [0.25, 0.3) is 0 Å². The SMILES string of the molecule is COc1ccc(Br)c(C(=O)N2CCN(C3CC3)CC2)c1. The Morgan fingerprint density at radius 3 is 2.55 bits per heavy atom. The number of carbonyl (C=O) groups is 1. The Hall–Kier alpha value is -1.07. The van der Waals surface area contributed by atoms with Gasteiger partial charge < -0.3 is 9.64 Å². The summed E-state index contributed by atoms with van der Waals surface area (Å²) in [7, 11) is 1.62. The second kappa shape index (κ2) is 5.74. The summed E-state index contributed by atoms with van der Waals surface area (Å²) in [5.74, 6) is 0.805. The van der Waals surface area contributed by atoms with E-state index in [4.69, 9.17) is 4.74 Å². The summed E-state index contributed by atoms with van der Waals surface area (Å²) in [5.41, 5.74) is 0.684. The Kier molecular flexibility index (Phi) is 3.98. The molecule has 1 aliphatic carbocycles. The molecule has 4 nitrogen and oxygen atoms in total. The monoisotopic (exact) mass is 338 g/mol. The highest BCUT2D eigenvalue weighted by Crippen LogP contribution is 2.28. The van der Waals surface area contributed by atoms with Crippen LogP contribution in [0.15, 0.2) is 22.7 Å². The van der Waals surface area contributed by atoms with E-state index in [1.807, 2.05) is 17.0 Å².